The van der Waals surface area contributed by atoms with Crippen LogP contribution in [0.25, 0.3) is 0 Å². The maximum Gasteiger partial charge on any atom is 0.342 e. The molecule has 19 heavy (non-hydrogen) atoms. The Labute approximate surface area is 110 Å². The van der Waals surface area contributed by atoms with Crippen LogP contribution in [0, 0.1) is 0 Å². The average Bonchev–Trinajstić information content (AvgIpc) is 2.59. The van der Waals surface area contributed by atoms with Crippen molar-refractivity contribution < 1.29 is 29.3 Å². The molecule has 2 aliphatic rings. The van der Waals surface area contributed by atoms with Gasteiger partial charge in [-0.1, -0.05) is 6.08 Å². The minimum Gasteiger partial charge on any atom is -0.479 e. The standard InChI is InChI=1S/C12H17NO6/c1-6(14)13-7-4-5-12(17,10(15)16)9-8(7)18-11(2,3)19-9/h4-5,7-9,17H,1-3H3,(H,13,14)(H,15,16)/t7-,8?,9?,12+/m1/s1. The minimum atomic E-state index is -2.16. The fourth-order valence-corrected chi connectivity index (χ4v) is 2.40. The number of hydrogen-bond donors (Lipinski definition) is 3. The number of ether oxygens (including phenoxy) is 2. The molecule has 1 fully saturated rings. The molecule has 3 N–H and O–H groups in total. The van der Waals surface area contributed by atoms with Gasteiger partial charge in [-0.2, -0.15) is 0 Å². The zero-order valence-corrected chi connectivity index (χ0v) is 10.9. The van der Waals surface area contributed by atoms with Crippen molar-refractivity contribution in [2.75, 3.05) is 0 Å². The van der Waals surface area contributed by atoms with Crippen LogP contribution in [0.15, 0.2) is 12.2 Å². The third kappa shape index (κ3) is 2.36. The molecule has 7 nitrogen and oxygen atoms in total. The third-order valence-electron chi connectivity index (χ3n) is 3.19. The van der Waals surface area contributed by atoms with Gasteiger partial charge in [0.15, 0.2) is 5.79 Å². The molecule has 7 heteroatoms. The molecule has 1 heterocycles. The van der Waals surface area contributed by atoms with Gasteiger partial charge in [0.1, 0.15) is 12.2 Å². The van der Waals surface area contributed by atoms with Gasteiger partial charge in [-0.05, 0) is 19.9 Å². The first kappa shape index (κ1) is 14.0. The molecule has 0 aromatic heterocycles. The van der Waals surface area contributed by atoms with Crippen LogP contribution in [0.2, 0.25) is 0 Å². The normalized spacial score (nSPS) is 39.7. The van der Waals surface area contributed by atoms with E-state index < -0.39 is 35.6 Å². The van der Waals surface area contributed by atoms with Crippen LogP contribution in [-0.4, -0.2) is 51.7 Å². The number of carbonyl (C=O) groups is 2. The molecule has 0 spiro atoms. The van der Waals surface area contributed by atoms with E-state index in [2.05, 4.69) is 5.32 Å². The van der Waals surface area contributed by atoms with E-state index in [1.165, 1.54) is 13.0 Å². The molecular weight excluding hydrogens is 254 g/mol. The van der Waals surface area contributed by atoms with Crippen LogP contribution in [-0.2, 0) is 19.1 Å². The van der Waals surface area contributed by atoms with Crippen LogP contribution < -0.4 is 5.32 Å². The lowest BCUT2D eigenvalue weighted by atomic mass is 9.83. The summed E-state index contributed by atoms with van der Waals surface area (Å²) in [6.07, 6.45) is 0.704. The first-order valence-electron chi connectivity index (χ1n) is 5.93. The number of carboxylic acid groups (broad SMARTS) is 1. The summed E-state index contributed by atoms with van der Waals surface area (Å²) in [4.78, 5) is 22.4. The van der Waals surface area contributed by atoms with Gasteiger partial charge >= 0.3 is 5.97 Å². The third-order valence-corrected chi connectivity index (χ3v) is 3.19. The molecule has 0 aromatic carbocycles. The summed E-state index contributed by atoms with van der Waals surface area (Å²) in [6, 6.07) is -0.538. The quantitative estimate of drug-likeness (QED) is 0.579. The molecule has 1 saturated heterocycles. The number of carboxylic acids is 1. The van der Waals surface area contributed by atoms with Gasteiger partial charge in [0, 0.05) is 6.92 Å². The van der Waals surface area contributed by atoms with Crippen molar-refractivity contribution in [2.45, 2.75) is 50.4 Å². The van der Waals surface area contributed by atoms with E-state index >= 15 is 0 Å². The second kappa shape index (κ2) is 4.29. The molecule has 0 bridgehead atoms. The van der Waals surface area contributed by atoms with Crippen molar-refractivity contribution in [3.8, 4) is 0 Å². The Morgan fingerprint density at radius 1 is 1.32 bits per heavy atom. The van der Waals surface area contributed by atoms with Crippen LogP contribution in [0.3, 0.4) is 0 Å². The zero-order chi connectivity index (χ0) is 14.4. The smallest absolute Gasteiger partial charge is 0.342 e. The first-order chi connectivity index (χ1) is 8.66. The number of carbonyl (C=O) groups excluding carboxylic acids is 1. The number of aliphatic hydroxyl groups is 1. The minimum absolute atomic E-state index is 0.275. The SMILES string of the molecule is CC(=O)N[C@@H]1C=C[C@@](O)(C(=O)O)C2OC(C)(C)OC21. The second-order valence-electron chi connectivity index (χ2n) is 5.24. The van der Waals surface area contributed by atoms with Crippen molar-refractivity contribution in [2.24, 2.45) is 0 Å². The molecule has 0 saturated carbocycles. The summed E-state index contributed by atoms with van der Waals surface area (Å²) in [5, 5.41) is 22.0. The maximum atomic E-state index is 11.2. The molecule has 1 aliphatic heterocycles. The molecule has 1 amide bonds. The van der Waals surface area contributed by atoms with E-state index in [4.69, 9.17) is 14.6 Å². The summed E-state index contributed by atoms with van der Waals surface area (Å²) in [5.74, 6) is -2.72. The highest BCUT2D eigenvalue weighted by molar-refractivity contribution is 5.82. The highest BCUT2D eigenvalue weighted by atomic mass is 16.8. The first-order valence-corrected chi connectivity index (χ1v) is 5.93. The molecule has 0 aromatic rings. The number of amides is 1. The van der Waals surface area contributed by atoms with Gasteiger partial charge in [0.25, 0.3) is 0 Å². The number of hydrogen-bond acceptors (Lipinski definition) is 5. The van der Waals surface area contributed by atoms with Gasteiger partial charge in [0.05, 0.1) is 6.04 Å². The molecular formula is C12H17NO6. The van der Waals surface area contributed by atoms with Gasteiger partial charge in [-0.15, -0.1) is 0 Å². The van der Waals surface area contributed by atoms with E-state index in [9.17, 15) is 14.7 Å². The fraction of sp³-hybridized carbons (Fsp3) is 0.667. The lowest BCUT2D eigenvalue weighted by Gasteiger charge is -2.36. The van der Waals surface area contributed by atoms with Gasteiger partial charge in [0.2, 0.25) is 11.5 Å². The Morgan fingerprint density at radius 3 is 2.47 bits per heavy atom. The summed E-state index contributed by atoms with van der Waals surface area (Å²) in [5.41, 5.74) is -2.16. The number of rotatable bonds is 2. The Bertz CT molecular complexity index is 446. The molecule has 0 radical (unpaired) electrons. The lowest BCUT2D eigenvalue weighted by molar-refractivity contribution is -0.180. The average molecular weight is 271 g/mol. The molecule has 2 unspecified atom stereocenters. The predicted molar refractivity (Wildman–Crippen MR) is 63.2 cm³/mol. The molecule has 2 rings (SSSR count). The van der Waals surface area contributed by atoms with Crippen molar-refractivity contribution in [3.05, 3.63) is 12.2 Å². The van der Waals surface area contributed by atoms with Crippen molar-refractivity contribution in [1.82, 2.24) is 5.32 Å². The monoisotopic (exact) mass is 271 g/mol. The van der Waals surface area contributed by atoms with Gasteiger partial charge in [-0.25, -0.2) is 4.79 Å². The summed E-state index contributed by atoms with van der Waals surface area (Å²) in [6.45, 7) is 4.60. The van der Waals surface area contributed by atoms with Crippen molar-refractivity contribution >= 4 is 11.9 Å². The van der Waals surface area contributed by atoms with Crippen molar-refractivity contribution in [1.29, 1.82) is 0 Å². The van der Waals surface area contributed by atoms with Gasteiger partial charge in [-0.3, -0.25) is 4.79 Å². The Hall–Kier alpha value is -1.44. The largest absolute Gasteiger partial charge is 0.479 e. The summed E-state index contributed by atoms with van der Waals surface area (Å²) < 4.78 is 11.1. The van der Waals surface area contributed by atoms with Crippen LogP contribution >= 0.6 is 0 Å². The van der Waals surface area contributed by atoms with Crippen LogP contribution in [0.5, 0.6) is 0 Å². The van der Waals surface area contributed by atoms with E-state index in [0.717, 1.165) is 6.08 Å². The number of fused-ring (bicyclic) bond motifs is 1. The van der Waals surface area contributed by atoms with Crippen molar-refractivity contribution in [3.63, 3.8) is 0 Å². The van der Waals surface area contributed by atoms with Crippen LogP contribution in [0.1, 0.15) is 20.8 Å². The highest BCUT2D eigenvalue weighted by Gasteiger charge is 2.59. The summed E-state index contributed by atoms with van der Waals surface area (Å²) in [7, 11) is 0. The van der Waals surface area contributed by atoms with E-state index in [1.807, 2.05) is 0 Å². The number of aliphatic carboxylic acids is 1. The highest BCUT2D eigenvalue weighted by Crippen LogP contribution is 2.39. The Kier molecular flexibility index (Phi) is 3.16. The van der Waals surface area contributed by atoms with E-state index in [0.29, 0.717) is 0 Å². The fourth-order valence-electron chi connectivity index (χ4n) is 2.40. The Balaban J connectivity index is 2.36. The lowest BCUT2D eigenvalue weighted by Crippen LogP contribution is -2.60. The van der Waals surface area contributed by atoms with E-state index in [1.54, 1.807) is 13.8 Å². The molecule has 1 aliphatic carbocycles. The zero-order valence-electron chi connectivity index (χ0n) is 10.9. The molecule has 4 atom stereocenters. The molecule has 106 valence electrons. The van der Waals surface area contributed by atoms with Gasteiger partial charge < -0.3 is 25.0 Å². The predicted octanol–water partition coefficient (Wildman–Crippen LogP) is -0.603. The van der Waals surface area contributed by atoms with Crippen LogP contribution in [0.4, 0.5) is 0 Å². The topological polar surface area (TPSA) is 105 Å². The van der Waals surface area contributed by atoms with E-state index in [-0.39, 0.29) is 5.91 Å². The Morgan fingerprint density at radius 2 is 1.95 bits per heavy atom. The summed E-state index contributed by atoms with van der Waals surface area (Å²) >= 11 is 0. The second-order valence-corrected chi connectivity index (χ2v) is 5.24. The number of nitrogens with one attached hydrogen (secondary N) is 1. The maximum absolute atomic E-state index is 11.2.